The summed E-state index contributed by atoms with van der Waals surface area (Å²) in [6.45, 7) is 5.36. The van der Waals surface area contributed by atoms with E-state index in [1.54, 1.807) is 0 Å². The molecule has 0 bridgehead atoms. The molecule has 1 amide bonds. The Morgan fingerprint density at radius 3 is 2.43 bits per heavy atom. The van der Waals surface area contributed by atoms with Gasteiger partial charge in [0.15, 0.2) is 11.5 Å². The molecular formula is C26H27NO3. The van der Waals surface area contributed by atoms with E-state index in [0.29, 0.717) is 25.2 Å². The highest BCUT2D eigenvalue weighted by molar-refractivity contribution is 5.94. The molecular weight excluding hydrogens is 374 g/mol. The first kappa shape index (κ1) is 20.0. The molecule has 3 aromatic carbocycles. The predicted molar refractivity (Wildman–Crippen MR) is 118 cm³/mol. The van der Waals surface area contributed by atoms with Gasteiger partial charge in [-0.05, 0) is 66.8 Å². The van der Waals surface area contributed by atoms with Crippen molar-refractivity contribution in [2.45, 2.75) is 32.7 Å². The number of rotatable bonds is 5. The fourth-order valence-corrected chi connectivity index (χ4v) is 3.62. The van der Waals surface area contributed by atoms with Crippen molar-refractivity contribution in [2.75, 3.05) is 13.2 Å². The molecule has 4 heteroatoms. The number of ether oxygens (including phenoxy) is 2. The molecule has 1 aliphatic heterocycles. The SMILES string of the molecule is Cc1ccc(C(=O)NC(Cc2ccccc2)c2ccc3c(c2)OCCCO3)cc1C. The maximum atomic E-state index is 13.1. The predicted octanol–water partition coefficient (Wildman–Crippen LogP) is 5.18. The minimum Gasteiger partial charge on any atom is -0.490 e. The highest BCUT2D eigenvalue weighted by atomic mass is 16.5. The zero-order valence-corrected chi connectivity index (χ0v) is 17.5. The van der Waals surface area contributed by atoms with Crippen molar-refractivity contribution >= 4 is 5.91 Å². The van der Waals surface area contributed by atoms with Gasteiger partial charge in [0.1, 0.15) is 0 Å². The number of hydrogen-bond acceptors (Lipinski definition) is 3. The largest absolute Gasteiger partial charge is 0.490 e. The van der Waals surface area contributed by atoms with E-state index in [4.69, 9.17) is 9.47 Å². The van der Waals surface area contributed by atoms with E-state index in [2.05, 4.69) is 17.4 Å². The summed E-state index contributed by atoms with van der Waals surface area (Å²) in [6.07, 6.45) is 1.55. The molecule has 1 heterocycles. The van der Waals surface area contributed by atoms with Gasteiger partial charge >= 0.3 is 0 Å². The fourth-order valence-electron chi connectivity index (χ4n) is 3.62. The van der Waals surface area contributed by atoms with Crippen LogP contribution in [-0.2, 0) is 6.42 Å². The van der Waals surface area contributed by atoms with Crippen molar-refractivity contribution in [1.29, 1.82) is 0 Å². The summed E-state index contributed by atoms with van der Waals surface area (Å²) in [4.78, 5) is 13.1. The zero-order valence-electron chi connectivity index (χ0n) is 17.5. The number of carbonyl (C=O) groups is 1. The van der Waals surface area contributed by atoms with Gasteiger partial charge in [-0.1, -0.05) is 42.5 Å². The summed E-state index contributed by atoms with van der Waals surface area (Å²) in [7, 11) is 0. The minimum atomic E-state index is -0.182. The van der Waals surface area contributed by atoms with Crippen molar-refractivity contribution in [3.63, 3.8) is 0 Å². The highest BCUT2D eigenvalue weighted by Crippen LogP contribution is 2.33. The van der Waals surface area contributed by atoms with Crippen molar-refractivity contribution in [1.82, 2.24) is 5.32 Å². The van der Waals surface area contributed by atoms with Crippen LogP contribution < -0.4 is 14.8 Å². The van der Waals surface area contributed by atoms with E-state index in [1.807, 2.05) is 68.4 Å². The van der Waals surface area contributed by atoms with Crippen LogP contribution in [0, 0.1) is 13.8 Å². The molecule has 3 aromatic rings. The average Bonchev–Trinajstić information content (AvgIpc) is 3.00. The van der Waals surface area contributed by atoms with Gasteiger partial charge in [0.05, 0.1) is 19.3 Å². The van der Waals surface area contributed by atoms with E-state index < -0.39 is 0 Å². The number of carbonyl (C=O) groups excluding carboxylic acids is 1. The first-order valence-corrected chi connectivity index (χ1v) is 10.4. The lowest BCUT2D eigenvalue weighted by atomic mass is 9.97. The Morgan fingerprint density at radius 1 is 0.900 bits per heavy atom. The molecule has 0 radical (unpaired) electrons. The number of benzene rings is 3. The van der Waals surface area contributed by atoms with Crippen molar-refractivity contribution in [2.24, 2.45) is 0 Å². The van der Waals surface area contributed by atoms with Crippen LogP contribution in [0.5, 0.6) is 11.5 Å². The van der Waals surface area contributed by atoms with Crippen LogP contribution in [0.25, 0.3) is 0 Å². The second kappa shape index (κ2) is 9.04. The van der Waals surface area contributed by atoms with E-state index in [-0.39, 0.29) is 11.9 Å². The first-order valence-electron chi connectivity index (χ1n) is 10.4. The number of aryl methyl sites for hydroxylation is 2. The Hall–Kier alpha value is -3.27. The molecule has 0 spiro atoms. The fraction of sp³-hybridized carbons (Fsp3) is 0.269. The van der Waals surface area contributed by atoms with Crippen LogP contribution in [0.3, 0.4) is 0 Å². The summed E-state index contributed by atoms with van der Waals surface area (Å²) in [5, 5.41) is 3.23. The van der Waals surface area contributed by atoms with Gasteiger partial charge in [0.25, 0.3) is 5.91 Å². The minimum absolute atomic E-state index is 0.0776. The third-order valence-corrected chi connectivity index (χ3v) is 5.53. The number of hydrogen-bond donors (Lipinski definition) is 1. The third-order valence-electron chi connectivity index (χ3n) is 5.53. The van der Waals surface area contributed by atoms with Crippen molar-refractivity contribution < 1.29 is 14.3 Å². The molecule has 4 nitrogen and oxygen atoms in total. The normalized spacial score (nSPS) is 13.9. The lowest BCUT2D eigenvalue weighted by Gasteiger charge is -2.21. The zero-order chi connectivity index (χ0) is 20.9. The molecule has 1 unspecified atom stereocenters. The summed E-state index contributed by atoms with van der Waals surface area (Å²) in [6, 6.07) is 21.8. The molecule has 0 aromatic heterocycles. The van der Waals surface area contributed by atoms with Crippen molar-refractivity contribution in [3.8, 4) is 11.5 Å². The van der Waals surface area contributed by atoms with Gasteiger partial charge in [0, 0.05) is 12.0 Å². The Morgan fingerprint density at radius 2 is 1.67 bits per heavy atom. The second-order valence-electron chi connectivity index (χ2n) is 7.77. The van der Waals surface area contributed by atoms with E-state index in [1.165, 1.54) is 5.56 Å². The molecule has 30 heavy (non-hydrogen) atoms. The van der Waals surface area contributed by atoms with Gasteiger partial charge in [0.2, 0.25) is 0 Å². The summed E-state index contributed by atoms with van der Waals surface area (Å²) >= 11 is 0. The second-order valence-corrected chi connectivity index (χ2v) is 7.77. The van der Waals surface area contributed by atoms with Crippen LogP contribution in [0.4, 0.5) is 0 Å². The molecule has 0 fully saturated rings. The van der Waals surface area contributed by atoms with Crippen LogP contribution in [0.1, 0.15) is 45.1 Å². The lowest BCUT2D eigenvalue weighted by Crippen LogP contribution is -2.30. The highest BCUT2D eigenvalue weighted by Gasteiger charge is 2.20. The van der Waals surface area contributed by atoms with Gasteiger partial charge in [-0.3, -0.25) is 4.79 Å². The topological polar surface area (TPSA) is 47.6 Å². The Labute approximate surface area is 177 Å². The Bertz CT molecular complexity index is 1030. The van der Waals surface area contributed by atoms with Crippen LogP contribution >= 0.6 is 0 Å². The number of amides is 1. The molecule has 0 saturated heterocycles. The Kier molecular flexibility index (Phi) is 6.03. The maximum absolute atomic E-state index is 13.1. The Balaban J connectivity index is 1.63. The van der Waals surface area contributed by atoms with Gasteiger partial charge < -0.3 is 14.8 Å². The van der Waals surface area contributed by atoms with Gasteiger partial charge in [-0.2, -0.15) is 0 Å². The summed E-state index contributed by atoms with van der Waals surface area (Å²) in [5.74, 6) is 1.42. The maximum Gasteiger partial charge on any atom is 0.251 e. The van der Waals surface area contributed by atoms with Crippen molar-refractivity contribution in [3.05, 3.63) is 94.5 Å². The van der Waals surface area contributed by atoms with Crippen LogP contribution in [0.2, 0.25) is 0 Å². The average molecular weight is 402 g/mol. The molecule has 154 valence electrons. The molecule has 1 N–H and O–H groups in total. The smallest absolute Gasteiger partial charge is 0.251 e. The molecule has 0 saturated carbocycles. The van der Waals surface area contributed by atoms with E-state index >= 15 is 0 Å². The van der Waals surface area contributed by atoms with Crippen LogP contribution in [-0.4, -0.2) is 19.1 Å². The van der Waals surface area contributed by atoms with E-state index in [9.17, 15) is 4.79 Å². The number of fused-ring (bicyclic) bond motifs is 1. The van der Waals surface area contributed by atoms with Gasteiger partial charge in [-0.25, -0.2) is 0 Å². The molecule has 1 aliphatic rings. The summed E-state index contributed by atoms with van der Waals surface area (Å²) < 4.78 is 11.6. The summed E-state index contributed by atoms with van der Waals surface area (Å²) in [5.41, 5.74) is 5.12. The lowest BCUT2D eigenvalue weighted by molar-refractivity contribution is 0.0936. The molecule has 1 atom stereocenters. The molecule has 4 rings (SSSR count). The monoisotopic (exact) mass is 401 g/mol. The standard InChI is InChI=1S/C26H27NO3/c1-18-9-10-22(15-19(18)2)26(28)27-23(16-20-7-4-3-5-8-20)21-11-12-24-25(17-21)30-14-6-13-29-24/h3-5,7-12,15,17,23H,6,13-14,16H2,1-2H3,(H,27,28). The third kappa shape index (κ3) is 4.65. The number of nitrogens with one attached hydrogen (secondary N) is 1. The first-order chi connectivity index (χ1) is 14.6. The quantitative estimate of drug-likeness (QED) is 0.641. The molecule has 0 aliphatic carbocycles. The van der Waals surface area contributed by atoms with Gasteiger partial charge in [-0.15, -0.1) is 0 Å². The van der Waals surface area contributed by atoms with E-state index in [0.717, 1.165) is 34.6 Å². The van der Waals surface area contributed by atoms with Crippen LogP contribution in [0.15, 0.2) is 66.7 Å².